The number of nitrogen functional groups attached to an aromatic ring is 1. The van der Waals surface area contributed by atoms with Crippen molar-refractivity contribution in [2.24, 2.45) is 0 Å². The Morgan fingerprint density at radius 3 is 2.38 bits per heavy atom. The van der Waals surface area contributed by atoms with Crippen molar-refractivity contribution in [1.82, 2.24) is 9.55 Å². The molecular formula is C17H25N3O. The summed E-state index contributed by atoms with van der Waals surface area (Å²) in [4.78, 5) is 4.82. The van der Waals surface area contributed by atoms with Gasteiger partial charge in [-0.15, -0.1) is 0 Å². The lowest BCUT2D eigenvalue weighted by molar-refractivity contribution is 0.412. The zero-order chi connectivity index (χ0) is 15.8. The van der Waals surface area contributed by atoms with E-state index < -0.39 is 0 Å². The predicted octanol–water partition coefficient (Wildman–Crippen LogP) is 3.77. The SMILES string of the molecule is CCn1c(C(C)(C)C)nc(-c2ccc(OC)c(C)c2)c1N. The summed E-state index contributed by atoms with van der Waals surface area (Å²) < 4.78 is 7.41. The van der Waals surface area contributed by atoms with Crippen molar-refractivity contribution in [2.75, 3.05) is 12.8 Å². The maximum atomic E-state index is 6.33. The third-order valence-corrected chi connectivity index (χ3v) is 3.66. The fraction of sp³-hybridized carbons (Fsp3) is 0.471. The number of anilines is 1. The number of aromatic nitrogens is 2. The van der Waals surface area contributed by atoms with Crippen molar-refractivity contribution in [3.05, 3.63) is 29.6 Å². The van der Waals surface area contributed by atoms with Gasteiger partial charge in [0.1, 0.15) is 23.1 Å². The molecule has 2 N–H and O–H groups in total. The third-order valence-electron chi connectivity index (χ3n) is 3.66. The Bertz CT molecular complexity index is 651. The van der Waals surface area contributed by atoms with Crippen LogP contribution in [0.3, 0.4) is 0 Å². The number of imidazole rings is 1. The summed E-state index contributed by atoms with van der Waals surface area (Å²) in [6.07, 6.45) is 0. The van der Waals surface area contributed by atoms with Crippen LogP contribution in [0.4, 0.5) is 5.82 Å². The number of ether oxygens (including phenoxy) is 1. The highest BCUT2D eigenvalue weighted by molar-refractivity contribution is 5.72. The molecule has 0 aliphatic carbocycles. The van der Waals surface area contributed by atoms with E-state index in [4.69, 9.17) is 15.5 Å². The van der Waals surface area contributed by atoms with Gasteiger partial charge in [0.2, 0.25) is 0 Å². The van der Waals surface area contributed by atoms with E-state index >= 15 is 0 Å². The number of hydrogen-bond acceptors (Lipinski definition) is 3. The van der Waals surface area contributed by atoms with Crippen LogP contribution in [-0.2, 0) is 12.0 Å². The molecule has 0 saturated heterocycles. The summed E-state index contributed by atoms with van der Waals surface area (Å²) >= 11 is 0. The molecule has 21 heavy (non-hydrogen) atoms. The van der Waals surface area contributed by atoms with Crippen LogP contribution in [0.2, 0.25) is 0 Å². The molecule has 4 heteroatoms. The number of rotatable bonds is 3. The van der Waals surface area contributed by atoms with Crippen molar-refractivity contribution in [3.63, 3.8) is 0 Å². The first-order valence-corrected chi connectivity index (χ1v) is 7.31. The Morgan fingerprint density at radius 1 is 1.29 bits per heavy atom. The van der Waals surface area contributed by atoms with E-state index in [2.05, 4.69) is 38.3 Å². The van der Waals surface area contributed by atoms with Crippen LogP contribution >= 0.6 is 0 Å². The Kier molecular flexibility index (Phi) is 3.99. The molecule has 1 heterocycles. The van der Waals surface area contributed by atoms with Gasteiger partial charge in [0.05, 0.1) is 7.11 Å². The minimum Gasteiger partial charge on any atom is -0.496 e. The first-order valence-electron chi connectivity index (χ1n) is 7.31. The summed E-state index contributed by atoms with van der Waals surface area (Å²) in [5.41, 5.74) is 9.26. The Labute approximate surface area is 127 Å². The quantitative estimate of drug-likeness (QED) is 0.935. The van der Waals surface area contributed by atoms with Crippen LogP contribution in [0.5, 0.6) is 5.75 Å². The van der Waals surface area contributed by atoms with Gasteiger partial charge >= 0.3 is 0 Å². The molecule has 4 nitrogen and oxygen atoms in total. The molecule has 0 fully saturated rings. The Morgan fingerprint density at radius 2 is 1.95 bits per heavy atom. The third kappa shape index (κ3) is 2.75. The lowest BCUT2D eigenvalue weighted by atomic mass is 9.95. The minimum atomic E-state index is -0.0378. The van der Waals surface area contributed by atoms with Gasteiger partial charge < -0.3 is 15.0 Å². The second-order valence-corrected chi connectivity index (χ2v) is 6.35. The molecule has 0 saturated carbocycles. The summed E-state index contributed by atoms with van der Waals surface area (Å²) in [5, 5.41) is 0. The van der Waals surface area contributed by atoms with Crippen molar-refractivity contribution >= 4 is 5.82 Å². The fourth-order valence-electron chi connectivity index (χ4n) is 2.60. The molecule has 0 bridgehead atoms. The summed E-state index contributed by atoms with van der Waals surface area (Å²) in [7, 11) is 1.68. The molecule has 114 valence electrons. The monoisotopic (exact) mass is 287 g/mol. The van der Waals surface area contributed by atoms with E-state index in [-0.39, 0.29) is 5.41 Å². The lowest BCUT2D eigenvalue weighted by Gasteiger charge is -2.19. The van der Waals surface area contributed by atoms with Crippen LogP contribution < -0.4 is 10.5 Å². The van der Waals surface area contributed by atoms with Gasteiger partial charge in [-0.2, -0.15) is 0 Å². The van der Waals surface area contributed by atoms with Crippen LogP contribution in [0.1, 0.15) is 39.1 Å². The second kappa shape index (κ2) is 5.43. The van der Waals surface area contributed by atoms with Gasteiger partial charge in [-0.1, -0.05) is 20.8 Å². The summed E-state index contributed by atoms with van der Waals surface area (Å²) in [5.74, 6) is 2.63. The van der Waals surface area contributed by atoms with Crippen LogP contribution in [0, 0.1) is 6.92 Å². The molecule has 0 aliphatic heterocycles. The standard InChI is InChI=1S/C17H25N3O/c1-7-20-15(18)14(19-16(20)17(3,4)5)12-8-9-13(21-6)11(2)10-12/h8-10H,7,18H2,1-6H3. The van der Waals surface area contributed by atoms with Gasteiger partial charge in [0, 0.05) is 17.5 Å². The van der Waals surface area contributed by atoms with E-state index in [1.807, 2.05) is 19.1 Å². The smallest absolute Gasteiger partial charge is 0.131 e. The predicted molar refractivity (Wildman–Crippen MR) is 87.7 cm³/mol. The van der Waals surface area contributed by atoms with E-state index in [1.54, 1.807) is 7.11 Å². The Balaban J connectivity index is 2.60. The van der Waals surface area contributed by atoms with E-state index in [1.165, 1.54) is 0 Å². The minimum absolute atomic E-state index is 0.0378. The summed E-state index contributed by atoms with van der Waals surface area (Å²) in [6, 6.07) is 6.05. The molecule has 0 amide bonds. The molecule has 1 aromatic heterocycles. The van der Waals surface area contributed by atoms with Gasteiger partial charge in [0.15, 0.2) is 0 Å². The average molecular weight is 287 g/mol. The molecule has 0 radical (unpaired) electrons. The molecule has 0 spiro atoms. The van der Waals surface area contributed by atoms with E-state index in [0.29, 0.717) is 0 Å². The van der Waals surface area contributed by atoms with Crippen LogP contribution in [0.15, 0.2) is 18.2 Å². The number of nitrogens with zero attached hydrogens (tertiary/aromatic N) is 2. The maximum Gasteiger partial charge on any atom is 0.131 e. The second-order valence-electron chi connectivity index (χ2n) is 6.35. The average Bonchev–Trinajstić information content (AvgIpc) is 2.75. The molecule has 2 aromatic rings. The van der Waals surface area contributed by atoms with Crippen molar-refractivity contribution in [3.8, 4) is 17.0 Å². The molecular weight excluding hydrogens is 262 g/mol. The van der Waals surface area contributed by atoms with Gasteiger partial charge in [0.25, 0.3) is 0 Å². The fourth-order valence-corrected chi connectivity index (χ4v) is 2.60. The molecule has 0 aliphatic rings. The highest BCUT2D eigenvalue weighted by Gasteiger charge is 2.24. The molecule has 0 atom stereocenters. The highest BCUT2D eigenvalue weighted by atomic mass is 16.5. The lowest BCUT2D eigenvalue weighted by Crippen LogP contribution is -2.19. The maximum absolute atomic E-state index is 6.33. The number of aryl methyl sites for hydroxylation is 1. The zero-order valence-corrected chi connectivity index (χ0v) is 13.8. The first kappa shape index (κ1) is 15.4. The van der Waals surface area contributed by atoms with Gasteiger partial charge in [-0.25, -0.2) is 4.98 Å². The number of nitrogens with two attached hydrogens (primary N) is 1. The van der Waals surface area contributed by atoms with Crippen molar-refractivity contribution in [2.45, 2.75) is 46.6 Å². The van der Waals surface area contributed by atoms with E-state index in [9.17, 15) is 0 Å². The number of methoxy groups -OCH3 is 1. The van der Waals surface area contributed by atoms with Crippen molar-refractivity contribution in [1.29, 1.82) is 0 Å². The topological polar surface area (TPSA) is 53.1 Å². The van der Waals surface area contributed by atoms with E-state index in [0.717, 1.165) is 40.8 Å². The van der Waals surface area contributed by atoms with Gasteiger partial charge in [-0.05, 0) is 37.6 Å². The Hall–Kier alpha value is -1.97. The molecule has 0 unspecified atom stereocenters. The highest BCUT2D eigenvalue weighted by Crippen LogP contribution is 2.33. The van der Waals surface area contributed by atoms with Crippen molar-refractivity contribution < 1.29 is 4.74 Å². The largest absolute Gasteiger partial charge is 0.496 e. The first-order chi connectivity index (χ1) is 9.79. The molecule has 2 rings (SSSR count). The van der Waals surface area contributed by atoms with Crippen LogP contribution in [0.25, 0.3) is 11.3 Å². The normalized spacial score (nSPS) is 11.7. The van der Waals surface area contributed by atoms with Crippen LogP contribution in [-0.4, -0.2) is 16.7 Å². The zero-order valence-electron chi connectivity index (χ0n) is 13.8. The number of hydrogen-bond donors (Lipinski definition) is 1. The summed E-state index contributed by atoms with van der Waals surface area (Å²) in [6.45, 7) is 11.4. The van der Waals surface area contributed by atoms with Gasteiger partial charge in [-0.3, -0.25) is 0 Å². The number of benzene rings is 1. The molecule has 1 aromatic carbocycles.